The Bertz CT molecular complexity index is 566. The molecule has 1 atom stereocenters. The maximum atomic E-state index is 9.40. The Morgan fingerprint density at radius 1 is 1.00 bits per heavy atom. The quantitative estimate of drug-likeness (QED) is 0.766. The van der Waals surface area contributed by atoms with Crippen LogP contribution in [0.15, 0.2) is 54.6 Å². The number of phenols is 1. The molecule has 2 aromatic rings. The number of hydrogen-bond acceptors (Lipinski definition) is 2. The van der Waals surface area contributed by atoms with Gasteiger partial charge in [-0.25, -0.2) is 0 Å². The second-order valence-corrected chi connectivity index (χ2v) is 10.2. The molecule has 0 saturated carbocycles. The molecule has 22 heavy (non-hydrogen) atoms. The van der Waals surface area contributed by atoms with Crippen LogP contribution in [0.3, 0.4) is 0 Å². The van der Waals surface area contributed by atoms with E-state index in [1.807, 2.05) is 12.1 Å². The predicted molar refractivity (Wildman–Crippen MR) is 94.9 cm³/mol. The minimum absolute atomic E-state index is 0.299. The highest BCUT2D eigenvalue weighted by molar-refractivity contribution is 6.86. The first-order valence-corrected chi connectivity index (χ1v) is 10.4. The van der Waals surface area contributed by atoms with Crippen molar-refractivity contribution < 1.29 is 9.53 Å². The van der Waals surface area contributed by atoms with E-state index in [1.165, 1.54) is 5.19 Å². The first kappa shape index (κ1) is 16.8. The van der Waals surface area contributed by atoms with E-state index in [9.17, 15) is 5.11 Å². The summed E-state index contributed by atoms with van der Waals surface area (Å²) >= 11 is 0. The van der Waals surface area contributed by atoms with Gasteiger partial charge in [-0.15, -0.1) is 0 Å². The molecule has 0 amide bonds. The van der Waals surface area contributed by atoms with Gasteiger partial charge in [0.1, 0.15) is 5.75 Å². The van der Waals surface area contributed by atoms with E-state index in [2.05, 4.69) is 51.1 Å². The predicted octanol–water partition coefficient (Wildman–Crippen LogP) is 4.44. The SMILES string of the molecule is CC[Si](CC(C)C)(OCc1ccc(O)cc1)c1ccccc1. The molecule has 118 valence electrons. The smallest absolute Gasteiger partial charge is 0.224 e. The lowest BCUT2D eigenvalue weighted by Gasteiger charge is -2.32. The fourth-order valence-corrected chi connectivity index (χ4v) is 6.91. The molecule has 2 rings (SSSR count). The molecule has 0 aliphatic heterocycles. The number of rotatable bonds is 7. The summed E-state index contributed by atoms with van der Waals surface area (Å²) in [7, 11) is -1.97. The van der Waals surface area contributed by atoms with Gasteiger partial charge in [0, 0.05) is 0 Å². The topological polar surface area (TPSA) is 29.5 Å². The van der Waals surface area contributed by atoms with Crippen molar-refractivity contribution in [2.24, 2.45) is 5.92 Å². The fourth-order valence-electron chi connectivity index (χ4n) is 2.93. The van der Waals surface area contributed by atoms with Crippen LogP contribution in [0, 0.1) is 5.92 Å². The number of hydrogen-bond donors (Lipinski definition) is 1. The maximum Gasteiger partial charge on any atom is 0.224 e. The van der Waals surface area contributed by atoms with Crippen LogP contribution in [-0.2, 0) is 11.0 Å². The summed E-state index contributed by atoms with van der Waals surface area (Å²) in [4.78, 5) is 0. The molecule has 2 aromatic carbocycles. The van der Waals surface area contributed by atoms with Gasteiger partial charge in [-0.1, -0.05) is 63.2 Å². The first-order valence-electron chi connectivity index (χ1n) is 8.03. The van der Waals surface area contributed by atoms with Gasteiger partial charge in [0.05, 0.1) is 6.61 Å². The Kier molecular flexibility index (Phi) is 5.81. The lowest BCUT2D eigenvalue weighted by atomic mass is 10.2. The van der Waals surface area contributed by atoms with Crippen molar-refractivity contribution in [3.8, 4) is 5.75 Å². The van der Waals surface area contributed by atoms with Crippen LogP contribution in [0.5, 0.6) is 5.75 Å². The van der Waals surface area contributed by atoms with Crippen LogP contribution in [-0.4, -0.2) is 13.4 Å². The summed E-state index contributed by atoms with van der Waals surface area (Å²) in [5.41, 5.74) is 1.11. The van der Waals surface area contributed by atoms with Gasteiger partial charge in [-0.3, -0.25) is 0 Å². The molecule has 0 fully saturated rings. The highest BCUT2D eigenvalue weighted by Crippen LogP contribution is 2.24. The van der Waals surface area contributed by atoms with Gasteiger partial charge in [-0.2, -0.15) is 0 Å². The van der Waals surface area contributed by atoms with Crippen LogP contribution in [0.2, 0.25) is 12.1 Å². The summed E-state index contributed by atoms with van der Waals surface area (Å²) in [6.45, 7) is 7.40. The summed E-state index contributed by atoms with van der Waals surface area (Å²) in [5.74, 6) is 0.916. The monoisotopic (exact) mass is 314 g/mol. The molecule has 2 nitrogen and oxygen atoms in total. The highest BCUT2D eigenvalue weighted by atomic mass is 28.4. The van der Waals surface area contributed by atoms with Gasteiger partial charge >= 0.3 is 0 Å². The molecule has 0 saturated heterocycles. The van der Waals surface area contributed by atoms with Crippen LogP contribution in [0.4, 0.5) is 0 Å². The van der Waals surface area contributed by atoms with E-state index in [0.29, 0.717) is 18.3 Å². The van der Waals surface area contributed by atoms with Gasteiger partial charge in [0.15, 0.2) is 0 Å². The van der Waals surface area contributed by atoms with E-state index in [1.54, 1.807) is 12.1 Å². The molecule has 0 aromatic heterocycles. The molecule has 0 spiro atoms. The van der Waals surface area contributed by atoms with Gasteiger partial charge in [0.25, 0.3) is 0 Å². The van der Waals surface area contributed by atoms with Crippen LogP contribution < -0.4 is 5.19 Å². The van der Waals surface area contributed by atoms with Crippen LogP contribution >= 0.6 is 0 Å². The van der Waals surface area contributed by atoms with Crippen molar-refractivity contribution in [1.29, 1.82) is 0 Å². The van der Waals surface area contributed by atoms with Gasteiger partial charge in [0.2, 0.25) is 8.32 Å². The highest BCUT2D eigenvalue weighted by Gasteiger charge is 2.36. The van der Waals surface area contributed by atoms with Crippen molar-refractivity contribution in [2.45, 2.75) is 39.5 Å². The molecule has 0 aliphatic rings. The zero-order chi connectivity index (χ0) is 16.0. The third kappa shape index (κ3) is 4.21. The molecule has 0 heterocycles. The van der Waals surface area contributed by atoms with Crippen molar-refractivity contribution >= 4 is 13.5 Å². The molecule has 0 radical (unpaired) electrons. The molecule has 0 aliphatic carbocycles. The fraction of sp³-hybridized carbons (Fsp3) is 0.368. The third-order valence-corrected chi connectivity index (χ3v) is 8.76. The zero-order valence-corrected chi connectivity index (χ0v) is 14.8. The largest absolute Gasteiger partial charge is 0.508 e. The molecular formula is C19H26O2Si. The Morgan fingerprint density at radius 3 is 2.18 bits per heavy atom. The van der Waals surface area contributed by atoms with E-state index < -0.39 is 8.32 Å². The van der Waals surface area contributed by atoms with E-state index in [4.69, 9.17) is 4.43 Å². The first-order chi connectivity index (χ1) is 10.6. The lowest BCUT2D eigenvalue weighted by Crippen LogP contribution is -2.51. The van der Waals surface area contributed by atoms with Gasteiger partial charge in [-0.05, 0) is 40.9 Å². The minimum atomic E-state index is -1.97. The molecule has 3 heteroatoms. The van der Waals surface area contributed by atoms with Gasteiger partial charge < -0.3 is 9.53 Å². The molecule has 1 N–H and O–H groups in total. The van der Waals surface area contributed by atoms with Crippen LogP contribution in [0.25, 0.3) is 0 Å². The Balaban J connectivity index is 2.22. The Hall–Kier alpha value is -1.58. The number of aromatic hydroxyl groups is 1. The Labute approximate surface area is 134 Å². The van der Waals surface area contributed by atoms with E-state index in [-0.39, 0.29) is 0 Å². The van der Waals surface area contributed by atoms with Crippen molar-refractivity contribution in [3.05, 3.63) is 60.2 Å². The second kappa shape index (κ2) is 7.61. The lowest BCUT2D eigenvalue weighted by molar-refractivity contribution is 0.291. The summed E-state index contributed by atoms with van der Waals surface area (Å²) in [6, 6.07) is 20.2. The van der Waals surface area contributed by atoms with Crippen molar-refractivity contribution in [3.63, 3.8) is 0 Å². The number of benzene rings is 2. The van der Waals surface area contributed by atoms with Crippen LogP contribution in [0.1, 0.15) is 26.3 Å². The van der Waals surface area contributed by atoms with E-state index in [0.717, 1.165) is 17.7 Å². The normalized spacial score (nSPS) is 14.0. The Morgan fingerprint density at radius 2 is 1.64 bits per heavy atom. The minimum Gasteiger partial charge on any atom is -0.508 e. The van der Waals surface area contributed by atoms with Crippen molar-refractivity contribution in [2.75, 3.05) is 0 Å². The molecule has 0 bridgehead atoms. The average molecular weight is 315 g/mol. The van der Waals surface area contributed by atoms with Crippen molar-refractivity contribution in [1.82, 2.24) is 0 Å². The third-order valence-electron chi connectivity index (χ3n) is 4.06. The summed E-state index contributed by atoms with van der Waals surface area (Å²) < 4.78 is 6.56. The molecule has 1 unspecified atom stereocenters. The standard InChI is InChI=1S/C19H26O2Si/c1-4-22(15-16(2)3,19-8-6-5-7-9-19)21-14-17-10-12-18(20)13-11-17/h5-13,16,20H,4,14-15H2,1-3H3. The second-order valence-electron chi connectivity index (χ2n) is 6.27. The average Bonchev–Trinajstić information content (AvgIpc) is 2.53. The molecular weight excluding hydrogens is 288 g/mol. The number of phenolic OH excluding ortho intramolecular Hbond substituents is 1. The summed E-state index contributed by atoms with van der Waals surface area (Å²) in [6.07, 6.45) is 0. The van der Waals surface area contributed by atoms with E-state index >= 15 is 0 Å². The zero-order valence-electron chi connectivity index (χ0n) is 13.8. The maximum absolute atomic E-state index is 9.40. The summed E-state index contributed by atoms with van der Waals surface area (Å²) in [5, 5.41) is 10.8.